The minimum absolute atomic E-state index is 0. The van der Waals surface area contributed by atoms with Crippen molar-refractivity contribution in [2.45, 2.75) is 13.0 Å². The van der Waals surface area contributed by atoms with Gasteiger partial charge in [0.2, 0.25) is 10.0 Å². The van der Waals surface area contributed by atoms with Crippen LogP contribution in [0.3, 0.4) is 0 Å². The Labute approximate surface area is 167 Å². The number of halogens is 1. The maximum Gasteiger partial charge on any atom is 0.215 e. The molecule has 1 heterocycles. The fraction of sp³-hybridized carbons (Fsp3) is 0.562. The number of sulfonamides is 1. The highest BCUT2D eigenvalue weighted by Crippen LogP contribution is 2.10. The summed E-state index contributed by atoms with van der Waals surface area (Å²) in [6.07, 6.45) is 0. The summed E-state index contributed by atoms with van der Waals surface area (Å²) < 4.78 is 31.2. The molecule has 1 aliphatic rings. The Kier molecular flexibility index (Phi) is 9.69. The topological polar surface area (TPSA) is 83.0 Å². The first-order valence-electron chi connectivity index (χ1n) is 8.10. The fourth-order valence-corrected chi connectivity index (χ4v) is 3.80. The van der Waals surface area contributed by atoms with E-state index in [1.165, 1.54) is 4.31 Å². The predicted octanol–water partition coefficient (Wildman–Crippen LogP) is 1.19. The van der Waals surface area contributed by atoms with E-state index in [1.807, 2.05) is 37.3 Å². The Morgan fingerprint density at radius 3 is 2.52 bits per heavy atom. The molecule has 1 aromatic rings. The average molecular weight is 482 g/mol. The molecule has 1 atom stereocenters. The lowest BCUT2D eigenvalue weighted by Gasteiger charge is -2.26. The summed E-state index contributed by atoms with van der Waals surface area (Å²) in [6, 6.07) is 10.1. The molecule has 9 heteroatoms. The minimum atomic E-state index is -3.26. The second-order valence-corrected chi connectivity index (χ2v) is 7.69. The molecule has 2 rings (SSSR count). The first-order valence-corrected chi connectivity index (χ1v) is 9.71. The zero-order valence-electron chi connectivity index (χ0n) is 14.6. The number of ether oxygens (including phenoxy) is 1. The van der Waals surface area contributed by atoms with Crippen LogP contribution in [0.5, 0.6) is 0 Å². The van der Waals surface area contributed by atoms with Gasteiger partial charge in [-0.2, -0.15) is 4.31 Å². The van der Waals surface area contributed by atoms with Gasteiger partial charge in [0, 0.05) is 26.7 Å². The molecule has 2 N–H and O–H groups in total. The molecule has 0 amide bonds. The third-order valence-corrected chi connectivity index (χ3v) is 5.76. The van der Waals surface area contributed by atoms with Crippen molar-refractivity contribution in [1.29, 1.82) is 0 Å². The summed E-state index contributed by atoms with van der Waals surface area (Å²) in [6.45, 7) is 4.13. The molecule has 0 aromatic heterocycles. The minimum Gasteiger partial charge on any atom is -0.379 e. The van der Waals surface area contributed by atoms with Gasteiger partial charge in [0.1, 0.15) is 0 Å². The number of hydrogen-bond acceptors (Lipinski definition) is 4. The molecule has 1 fully saturated rings. The maximum absolute atomic E-state index is 12.3. The van der Waals surface area contributed by atoms with Crippen LogP contribution in [0, 0.1) is 0 Å². The van der Waals surface area contributed by atoms with Gasteiger partial charge in [-0.3, -0.25) is 4.99 Å². The molecule has 7 nitrogen and oxygen atoms in total. The molecule has 25 heavy (non-hydrogen) atoms. The number of aliphatic imine (C=N–C) groups is 1. The van der Waals surface area contributed by atoms with Gasteiger partial charge in [0.05, 0.1) is 25.0 Å². The Hall–Kier alpha value is -0.910. The molecular weight excluding hydrogens is 455 g/mol. The van der Waals surface area contributed by atoms with Gasteiger partial charge >= 0.3 is 0 Å². The van der Waals surface area contributed by atoms with Gasteiger partial charge in [0.25, 0.3) is 0 Å². The van der Waals surface area contributed by atoms with Gasteiger partial charge < -0.3 is 15.4 Å². The Morgan fingerprint density at radius 1 is 1.28 bits per heavy atom. The van der Waals surface area contributed by atoms with Gasteiger partial charge in [0.15, 0.2) is 5.96 Å². The van der Waals surface area contributed by atoms with Crippen LogP contribution in [0.1, 0.15) is 18.5 Å². The summed E-state index contributed by atoms with van der Waals surface area (Å²) in [5, 5.41) is 6.33. The van der Waals surface area contributed by atoms with Crippen molar-refractivity contribution in [3.05, 3.63) is 35.9 Å². The van der Waals surface area contributed by atoms with E-state index in [-0.39, 0.29) is 35.8 Å². The van der Waals surface area contributed by atoms with Crippen molar-refractivity contribution in [3.63, 3.8) is 0 Å². The molecule has 0 spiro atoms. The lowest BCUT2D eigenvalue weighted by atomic mass is 10.1. The maximum atomic E-state index is 12.3. The van der Waals surface area contributed by atoms with Crippen LogP contribution in [-0.4, -0.2) is 64.3 Å². The third-order valence-electron chi connectivity index (χ3n) is 3.89. The highest BCUT2D eigenvalue weighted by atomic mass is 127. The summed E-state index contributed by atoms with van der Waals surface area (Å²) >= 11 is 0. The monoisotopic (exact) mass is 482 g/mol. The van der Waals surface area contributed by atoms with Crippen molar-refractivity contribution in [2.75, 3.05) is 45.6 Å². The van der Waals surface area contributed by atoms with Crippen LogP contribution >= 0.6 is 24.0 Å². The number of nitrogens with one attached hydrogen (secondary N) is 2. The molecule has 0 saturated carbocycles. The smallest absolute Gasteiger partial charge is 0.215 e. The third kappa shape index (κ3) is 7.08. The van der Waals surface area contributed by atoms with E-state index in [4.69, 9.17) is 4.74 Å². The van der Waals surface area contributed by atoms with Crippen LogP contribution in [0.4, 0.5) is 0 Å². The highest BCUT2D eigenvalue weighted by Gasteiger charge is 2.23. The van der Waals surface area contributed by atoms with Crippen molar-refractivity contribution in [1.82, 2.24) is 14.9 Å². The summed E-state index contributed by atoms with van der Waals surface area (Å²) in [5.74, 6) is 0.622. The number of guanidine groups is 1. The molecule has 142 valence electrons. The van der Waals surface area contributed by atoms with E-state index in [9.17, 15) is 8.42 Å². The number of morpholine rings is 1. The standard InChI is InChI=1S/C16H26N4O3S.HI/c1-14(15-6-4-3-5-7-15)19-16(17-2)18-8-13-24(21,22)20-9-11-23-12-10-20;/h3-7,14H,8-13H2,1-2H3,(H2,17,18,19);1H. The largest absolute Gasteiger partial charge is 0.379 e. The van der Waals surface area contributed by atoms with E-state index >= 15 is 0 Å². The summed E-state index contributed by atoms with van der Waals surface area (Å²) in [5.41, 5.74) is 1.14. The molecule has 1 unspecified atom stereocenters. The molecule has 1 aliphatic heterocycles. The summed E-state index contributed by atoms with van der Waals surface area (Å²) in [7, 11) is -1.59. The second-order valence-electron chi connectivity index (χ2n) is 5.60. The fourth-order valence-electron chi connectivity index (χ4n) is 2.48. The van der Waals surface area contributed by atoms with E-state index < -0.39 is 10.0 Å². The van der Waals surface area contributed by atoms with Gasteiger partial charge in [-0.1, -0.05) is 30.3 Å². The van der Waals surface area contributed by atoms with Crippen LogP contribution in [0.25, 0.3) is 0 Å². The number of rotatable bonds is 6. The van der Waals surface area contributed by atoms with Crippen LogP contribution in [-0.2, 0) is 14.8 Å². The molecule has 0 aliphatic carbocycles. The highest BCUT2D eigenvalue weighted by molar-refractivity contribution is 14.0. The predicted molar refractivity (Wildman–Crippen MR) is 111 cm³/mol. The SMILES string of the molecule is CN=C(NCCS(=O)(=O)N1CCOCC1)NC(C)c1ccccc1.I. The lowest BCUT2D eigenvalue weighted by molar-refractivity contribution is 0.0730. The first kappa shape index (κ1) is 22.1. The summed E-state index contributed by atoms with van der Waals surface area (Å²) in [4.78, 5) is 4.15. The number of hydrogen-bond donors (Lipinski definition) is 2. The van der Waals surface area contributed by atoms with E-state index in [0.717, 1.165) is 5.56 Å². The Morgan fingerprint density at radius 2 is 1.92 bits per heavy atom. The zero-order chi connectivity index (χ0) is 17.4. The van der Waals surface area contributed by atoms with Gasteiger partial charge in [-0.05, 0) is 12.5 Å². The van der Waals surface area contributed by atoms with Crippen molar-refractivity contribution in [3.8, 4) is 0 Å². The second kappa shape index (κ2) is 10.9. The van der Waals surface area contributed by atoms with Crippen molar-refractivity contribution in [2.24, 2.45) is 4.99 Å². The quantitative estimate of drug-likeness (QED) is 0.362. The van der Waals surface area contributed by atoms with Crippen LogP contribution in [0.2, 0.25) is 0 Å². The molecular formula is C16H27IN4O3S. The molecule has 1 aromatic carbocycles. The van der Waals surface area contributed by atoms with E-state index in [1.54, 1.807) is 7.05 Å². The van der Waals surface area contributed by atoms with Gasteiger partial charge in [-0.15, -0.1) is 24.0 Å². The Balaban J connectivity index is 0.00000312. The van der Waals surface area contributed by atoms with Crippen molar-refractivity contribution >= 4 is 40.0 Å². The zero-order valence-corrected chi connectivity index (χ0v) is 17.8. The van der Waals surface area contributed by atoms with E-state index in [2.05, 4.69) is 15.6 Å². The molecule has 1 saturated heterocycles. The van der Waals surface area contributed by atoms with Gasteiger partial charge in [-0.25, -0.2) is 8.42 Å². The van der Waals surface area contributed by atoms with E-state index in [0.29, 0.717) is 38.8 Å². The molecule has 0 bridgehead atoms. The average Bonchev–Trinajstić information content (AvgIpc) is 2.62. The Bertz CT molecular complexity index is 634. The van der Waals surface area contributed by atoms with Crippen LogP contribution in [0.15, 0.2) is 35.3 Å². The molecule has 0 radical (unpaired) electrons. The number of nitrogens with zero attached hydrogens (tertiary/aromatic N) is 2. The van der Waals surface area contributed by atoms with Crippen LogP contribution < -0.4 is 10.6 Å². The number of benzene rings is 1. The lowest BCUT2D eigenvalue weighted by Crippen LogP contribution is -2.45. The van der Waals surface area contributed by atoms with Crippen molar-refractivity contribution < 1.29 is 13.2 Å². The normalized spacial score (nSPS) is 17.4. The first-order chi connectivity index (χ1) is 11.5.